The molecular formula is C14H24N4OS. The maximum Gasteiger partial charge on any atom is 0.228 e. The lowest BCUT2D eigenvalue weighted by Crippen LogP contribution is -2.29. The first-order valence-corrected chi connectivity index (χ1v) is 7.95. The molecule has 1 fully saturated rings. The minimum atomic E-state index is 0.101. The predicted molar refractivity (Wildman–Crippen MR) is 81.5 cm³/mol. The molecule has 1 aromatic rings. The SMILES string of the molecule is CC(N)C1CCN(Cc2csc(CC(=O)N(C)C)n2)C1. The summed E-state index contributed by atoms with van der Waals surface area (Å²) in [6.45, 7) is 5.11. The molecule has 1 aromatic heterocycles. The molecule has 0 bridgehead atoms. The number of carbonyl (C=O) groups excluding carboxylic acids is 1. The van der Waals surface area contributed by atoms with Gasteiger partial charge in [-0.2, -0.15) is 0 Å². The molecule has 2 heterocycles. The van der Waals surface area contributed by atoms with Crippen molar-refractivity contribution in [1.82, 2.24) is 14.8 Å². The van der Waals surface area contributed by atoms with E-state index in [0.717, 1.165) is 30.3 Å². The van der Waals surface area contributed by atoms with Crippen LogP contribution in [-0.4, -0.2) is 53.9 Å². The van der Waals surface area contributed by atoms with Gasteiger partial charge in [0.1, 0.15) is 5.01 Å². The molecule has 2 N–H and O–H groups in total. The maximum absolute atomic E-state index is 11.7. The van der Waals surface area contributed by atoms with E-state index in [4.69, 9.17) is 5.73 Å². The number of carbonyl (C=O) groups is 1. The Morgan fingerprint density at radius 1 is 1.65 bits per heavy atom. The Morgan fingerprint density at radius 3 is 3.00 bits per heavy atom. The molecule has 1 saturated heterocycles. The second-order valence-electron chi connectivity index (χ2n) is 5.84. The number of aromatic nitrogens is 1. The van der Waals surface area contributed by atoms with Gasteiger partial charge < -0.3 is 10.6 Å². The van der Waals surface area contributed by atoms with E-state index < -0.39 is 0 Å². The Balaban J connectivity index is 1.86. The third-order valence-electron chi connectivity index (χ3n) is 3.84. The van der Waals surface area contributed by atoms with Gasteiger partial charge >= 0.3 is 0 Å². The highest BCUT2D eigenvalue weighted by molar-refractivity contribution is 7.09. The molecule has 0 aromatic carbocycles. The van der Waals surface area contributed by atoms with Crippen LogP contribution in [0.2, 0.25) is 0 Å². The third-order valence-corrected chi connectivity index (χ3v) is 4.74. The summed E-state index contributed by atoms with van der Waals surface area (Å²) >= 11 is 1.58. The largest absolute Gasteiger partial charge is 0.348 e. The zero-order valence-electron chi connectivity index (χ0n) is 12.5. The maximum atomic E-state index is 11.7. The molecule has 2 unspecified atom stereocenters. The highest BCUT2D eigenvalue weighted by Gasteiger charge is 2.25. The fourth-order valence-corrected chi connectivity index (χ4v) is 3.23. The molecule has 6 heteroatoms. The van der Waals surface area contributed by atoms with Gasteiger partial charge in [0.25, 0.3) is 0 Å². The quantitative estimate of drug-likeness (QED) is 0.878. The van der Waals surface area contributed by atoms with Crippen LogP contribution in [0, 0.1) is 5.92 Å². The summed E-state index contributed by atoms with van der Waals surface area (Å²) in [5, 5.41) is 2.97. The van der Waals surface area contributed by atoms with Crippen molar-refractivity contribution < 1.29 is 4.79 Å². The fraction of sp³-hybridized carbons (Fsp3) is 0.714. The molecule has 0 radical (unpaired) electrons. The third kappa shape index (κ3) is 4.01. The van der Waals surface area contributed by atoms with Crippen LogP contribution >= 0.6 is 11.3 Å². The number of rotatable bonds is 5. The number of nitrogens with zero attached hydrogens (tertiary/aromatic N) is 3. The van der Waals surface area contributed by atoms with Gasteiger partial charge in [-0.3, -0.25) is 9.69 Å². The van der Waals surface area contributed by atoms with Gasteiger partial charge in [-0.1, -0.05) is 0 Å². The van der Waals surface area contributed by atoms with Crippen molar-refractivity contribution in [3.8, 4) is 0 Å². The van der Waals surface area contributed by atoms with Crippen LogP contribution in [-0.2, 0) is 17.8 Å². The summed E-state index contributed by atoms with van der Waals surface area (Å²) in [6.07, 6.45) is 1.58. The monoisotopic (exact) mass is 296 g/mol. The fourth-order valence-electron chi connectivity index (χ4n) is 2.45. The standard InChI is InChI=1S/C14H24N4OS/c1-10(15)11-4-5-18(7-11)8-12-9-20-13(16-12)6-14(19)17(2)3/h9-11H,4-8,15H2,1-3H3. The van der Waals surface area contributed by atoms with Crippen molar-refractivity contribution in [2.75, 3.05) is 27.2 Å². The Kier molecular flexibility index (Phi) is 5.12. The molecule has 0 spiro atoms. The van der Waals surface area contributed by atoms with Crippen molar-refractivity contribution >= 4 is 17.2 Å². The number of likely N-dealkylation sites (N-methyl/N-ethyl adjacent to an activating group) is 1. The number of likely N-dealkylation sites (tertiary alicyclic amines) is 1. The molecule has 2 atom stereocenters. The first kappa shape index (κ1) is 15.4. The van der Waals surface area contributed by atoms with Gasteiger partial charge in [0.05, 0.1) is 12.1 Å². The van der Waals surface area contributed by atoms with Crippen LogP contribution in [0.3, 0.4) is 0 Å². The second kappa shape index (κ2) is 6.65. The van der Waals surface area contributed by atoms with E-state index in [1.54, 1.807) is 30.3 Å². The lowest BCUT2D eigenvalue weighted by Gasteiger charge is -2.16. The van der Waals surface area contributed by atoms with E-state index in [0.29, 0.717) is 12.3 Å². The number of nitrogens with two attached hydrogens (primary N) is 1. The van der Waals surface area contributed by atoms with Crippen molar-refractivity contribution in [3.63, 3.8) is 0 Å². The van der Waals surface area contributed by atoms with Gasteiger partial charge in [-0.05, 0) is 25.8 Å². The summed E-state index contributed by atoms with van der Waals surface area (Å²) in [4.78, 5) is 20.2. The normalized spacial score (nSPS) is 21.1. The van der Waals surface area contributed by atoms with Gasteiger partial charge in [0.15, 0.2) is 0 Å². The Hall–Kier alpha value is -0.980. The van der Waals surface area contributed by atoms with E-state index in [1.807, 2.05) is 0 Å². The van der Waals surface area contributed by atoms with Crippen LogP contribution in [0.4, 0.5) is 0 Å². The van der Waals surface area contributed by atoms with Gasteiger partial charge in [-0.25, -0.2) is 4.98 Å². The smallest absolute Gasteiger partial charge is 0.228 e. The molecule has 2 rings (SSSR count). The van der Waals surface area contributed by atoms with Crippen LogP contribution in [0.5, 0.6) is 0 Å². The Labute approximate surface area is 124 Å². The van der Waals surface area contributed by atoms with Crippen LogP contribution in [0.15, 0.2) is 5.38 Å². The first-order chi connectivity index (χ1) is 9.45. The molecule has 0 saturated carbocycles. The average Bonchev–Trinajstić information content (AvgIpc) is 2.99. The average molecular weight is 296 g/mol. The summed E-state index contributed by atoms with van der Waals surface area (Å²) < 4.78 is 0. The Bertz CT molecular complexity index is 458. The number of hydrogen-bond acceptors (Lipinski definition) is 5. The summed E-state index contributed by atoms with van der Waals surface area (Å²) in [5.74, 6) is 0.701. The van der Waals surface area contributed by atoms with Gasteiger partial charge in [0.2, 0.25) is 5.91 Å². The zero-order chi connectivity index (χ0) is 14.7. The molecule has 112 valence electrons. The molecule has 5 nitrogen and oxygen atoms in total. The Morgan fingerprint density at radius 2 is 2.40 bits per heavy atom. The van der Waals surface area contributed by atoms with Crippen LogP contribution in [0.1, 0.15) is 24.0 Å². The minimum absolute atomic E-state index is 0.101. The van der Waals surface area contributed by atoms with Gasteiger partial charge in [0, 0.05) is 38.6 Å². The number of thiazole rings is 1. The molecule has 1 amide bonds. The number of hydrogen-bond donors (Lipinski definition) is 1. The zero-order valence-corrected chi connectivity index (χ0v) is 13.3. The minimum Gasteiger partial charge on any atom is -0.348 e. The lowest BCUT2D eigenvalue weighted by atomic mass is 10.0. The van der Waals surface area contributed by atoms with Crippen molar-refractivity contribution in [2.45, 2.75) is 32.4 Å². The van der Waals surface area contributed by atoms with E-state index in [1.165, 1.54) is 6.42 Å². The van der Waals surface area contributed by atoms with E-state index in [9.17, 15) is 4.79 Å². The van der Waals surface area contributed by atoms with Crippen LogP contribution in [0.25, 0.3) is 0 Å². The topological polar surface area (TPSA) is 62.5 Å². The highest BCUT2D eigenvalue weighted by atomic mass is 32.1. The van der Waals surface area contributed by atoms with E-state index >= 15 is 0 Å². The van der Waals surface area contributed by atoms with Crippen molar-refractivity contribution in [1.29, 1.82) is 0 Å². The summed E-state index contributed by atoms with van der Waals surface area (Å²) in [5.41, 5.74) is 7.03. The summed E-state index contributed by atoms with van der Waals surface area (Å²) in [7, 11) is 3.55. The lowest BCUT2D eigenvalue weighted by molar-refractivity contribution is -0.127. The number of amides is 1. The highest BCUT2D eigenvalue weighted by Crippen LogP contribution is 2.21. The van der Waals surface area contributed by atoms with Crippen molar-refractivity contribution in [2.24, 2.45) is 11.7 Å². The van der Waals surface area contributed by atoms with E-state index in [-0.39, 0.29) is 11.9 Å². The molecular weight excluding hydrogens is 272 g/mol. The molecule has 1 aliphatic rings. The van der Waals surface area contributed by atoms with Crippen molar-refractivity contribution in [3.05, 3.63) is 16.1 Å². The van der Waals surface area contributed by atoms with Gasteiger partial charge in [-0.15, -0.1) is 11.3 Å². The molecule has 1 aliphatic heterocycles. The predicted octanol–water partition coefficient (Wildman–Crippen LogP) is 0.943. The molecule has 0 aliphatic carbocycles. The second-order valence-corrected chi connectivity index (χ2v) is 6.78. The van der Waals surface area contributed by atoms with Crippen LogP contribution < -0.4 is 5.73 Å². The first-order valence-electron chi connectivity index (χ1n) is 7.07. The summed E-state index contributed by atoms with van der Waals surface area (Å²) in [6, 6.07) is 0.267. The molecule has 20 heavy (non-hydrogen) atoms. The van der Waals surface area contributed by atoms with E-state index in [2.05, 4.69) is 22.2 Å².